The Morgan fingerprint density at radius 1 is 1.38 bits per heavy atom. The van der Waals surface area contributed by atoms with E-state index in [-0.39, 0.29) is 16.6 Å². The molecule has 5 nitrogen and oxygen atoms in total. The Morgan fingerprint density at radius 2 is 2.08 bits per heavy atom. The fraction of sp³-hybridized carbons (Fsp3) is 0.143. The first-order valence-electron chi connectivity index (χ1n) is 6.30. The van der Waals surface area contributed by atoms with Crippen molar-refractivity contribution in [1.82, 2.24) is 4.98 Å². The molecule has 0 spiro atoms. The molecule has 0 saturated heterocycles. The summed E-state index contributed by atoms with van der Waals surface area (Å²) >= 11 is 8.91. The van der Waals surface area contributed by atoms with Gasteiger partial charge in [-0.1, -0.05) is 11.6 Å². The molecule has 1 heterocycles. The molecular formula is C14H10BrClF3N3O2. The van der Waals surface area contributed by atoms with Gasteiger partial charge in [0.2, 0.25) is 0 Å². The second kappa shape index (κ2) is 7.27. The zero-order chi connectivity index (χ0) is 17.9. The summed E-state index contributed by atoms with van der Waals surface area (Å²) in [4.78, 5) is 3.58. The second-order valence-corrected chi connectivity index (χ2v) is 5.73. The molecule has 0 bridgehead atoms. The average Bonchev–Trinajstić information content (AvgIpc) is 2.51. The highest BCUT2D eigenvalue weighted by Crippen LogP contribution is 2.33. The summed E-state index contributed by atoms with van der Waals surface area (Å²) in [6.07, 6.45) is -2.64. The van der Waals surface area contributed by atoms with Gasteiger partial charge < -0.3 is 9.84 Å². The van der Waals surface area contributed by atoms with Crippen LogP contribution in [0.15, 0.2) is 34.0 Å². The molecule has 0 aliphatic heterocycles. The lowest BCUT2D eigenvalue weighted by Gasteiger charge is -2.08. The first kappa shape index (κ1) is 18.3. The first-order valence-corrected chi connectivity index (χ1v) is 7.47. The van der Waals surface area contributed by atoms with Crippen molar-refractivity contribution in [1.29, 1.82) is 0 Å². The number of aromatic hydroxyl groups is 1. The molecule has 2 rings (SSSR count). The van der Waals surface area contributed by atoms with Crippen LogP contribution < -0.4 is 10.2 Å². The molecule has 0 saturated carbocycles. The topological polar surface area (TPSA) is 66.7 Å². The van der Waals surface area contributed by atoms with Crippen LogP contribution in [0.5, 0.6) is 11.5 Å². The molecule has 2 aromatic rings. The Labute approximate surface area is 148 Å². The number of rotatable bonds is 4. The number of methoxy groups -OCH3 is 1. The van der Waals surface area contributed by atoms with Crippen molar-refractivity contribution < 1.29 is 23.0 Å². The van der Waals surface area contributed by atoms with Crippen LogP contribution in [-0.4, -0.2) is 23.4 Å². The van der Waals surface area contributed by atoms with E-state index in [0.717, 1.165) is 6.07 Å². The Bertz CT molecular complexity index is 785. The van der Waals surface area contributed by atoms with Crippen LogP contribution in [0.4, 0.5) is 19.0 Å². The predicted molar refractivity (Wildman–Crippen MR) is 87.8 cm³/mol. The molecule has 128 valence electrons. The van der Waals surface area contributed by atoms with E-state index in [1.165, 1.54) is 19.4 Å². The standard InChI is InChI=1S/C14H10BrClF3N3O2/c1-24-9-2-7(12(23)10(15)4-9)5-21-22-13-11(16)3-8(6-20-13)14(17,18)19/h2-6,23H,1H3,(H,20,22)/b21-5+. The molecule has 0 atom stereocenters. The van der Waals surface area contributed by atoms with Crippen molar-refractivity contribution in [3.8, 4) is 11.5 Å². The number of alkyl halides is 3. The van der Waals surface area contributed by atoms with Gasteiger partial charge in [0.1, 0.15) is 11.5 Å². The third-order valence-electron chi connectivity index (χ3n) is 2.84. The molecule has 0 aliphatic carbocycles. The normalized spacial score (nSPS) is 11.8. The number of phenolic OH excluding ortho intramolecular Hbond substituents is 1. The molecule has 1 aromatic carbocycles. The molecule has 0 aliphatic rings. The molecule has 0 amide bonds. The maximum absolute atomic E-state index is 12.5. The number of nitrogens with zero attached hydrogens (tertiary/aromatic N) is 2. The first-order chi connectivity index (χ1) is 11.2. The summed E-state index contributed by atoms with van der Waals surface area (Å²) in [6, 6.07) is 3.83. The van der Waals surface area contributed by atoms with Gasteiger partial charge in [0, 0.05) is 11.8 Å². The van der Waals surface area contributed by atoms with Gasteiger partial charge in [-0.05, 0) is 34.1 Å². The van der Waals surface area contributed by atoms with Gasteiger partial charge in [-0.3, -0.25) is 5.43 Å². The summed E-state index contributed by atoms with van der Waals surface area (Å²) in [5, 5.41) is 13.5. The largest absolute Gasteiger partial charge is 0.506 e. The van der Waals surface area contributed by atoms with E-state index in [4.69, 9.17) is 16.3 Å². The number of hydrazone groups is 1. The Kier molecular flexibility index (Phi) is 5.55. The van der Waals surface area contributed by atoms with Crippen LogP contribution in [0.3, 0.4) is 0 Å². The lowest BCUT2D eigenvalue weighted by atomic mass is 10.2. The summed E-state index contributed by atoms with van der Waals surface area (Å²) in [5.41, 5.74) is 1.77. The number of pyridine rings is 1. The van der Waals surface area contributed by atoms with Crippen molar-refractivity contribution in [2.45, 2.75) is 6.18 Å². The Balaban J connectivity index is 2.19. The number of aromatic nitrogens is 1. The van der Waals surface area contributed by atoms with Gasteiger partial charge in [-0.2, -0.15) is 18.3 Å². The molecule has 0 radical (unpaired) electrons. The molecule has 0 fully saturated rings. The summed E-state index contributed by atoms with van der Waals surface area (Å²) in [6.45, 7) is 0. The third-order valence-corrected chi connectivity index (χ3v) is 3.74. The number of halogens is 5. The van der Waals surface area contributed by atoms with Crippen LogP contribution in [-0.2, 0) is 6.18 Å². The maximum Gasteiger partial charge on any atom is 0.417 e. The minimum atomic E-state index is -4.53. The van der Waals surface area contributed by atoms with E-state index >= 15 is 0 Å². The highest BCUT2D eigenvalue weighted by atomic mass is 79.9. The maximum atomic E-state index is 12.5. The minimum Gasteiger partial charge on any atom is -0.506 e. The van der Waals surface area contributed by atoms with Gasteiger partial charge >= 0.3 is 6.18 Å². The minimum absolute atomic E-state index is 0.0534. The van der Waals surface area contributed by atoms with Crippen molar-refractivity contribution >= 4 is 39.6 Å². The number of benzene rings is 1. The quantitative estimate of drug-likeness (QED) is 0.553. The summed E-state index contributed by atoms with van der Waals surface area (Å²) in [5.74, 6) is 0.349. The van der Waals surface area contributed by atoms with Crippen molar-refractivity contribution in [2.24, 2.45) is 5.10 Å². The molecule has 0 unspecified atom stereocenters. The van der Waals surface area contributed by atoms with Gasteiger partial charge in [0.15, 0.2) is 5.82 Å². The fourth-order valence-corrected chi connectivity index (χ4v) is 2.31. The number of anilines is 1. The van der Waals surface area contributed by atoms with Gasteiger partial charge in [0.25, 0.3) is 0 Å². The van der Waals surface area contributed by atoms with E-state index in [1.807, 2.05) is 0 Å². The molecule has 2 N–H and O–H groups in total. The van der Waals surface area contributed by atoms with Crippen molar-refractivity contribution in [2.75, 3.05) is 12.5 Å². The van der Waals surface area contributed by atoms with Gasteiger partial charge in [-0.25, -0.2) is 4.98 Å². The van der Waals surface area contributed by atoms with E-state index in [2.05, 4.69) is 31.4 Å². The van der Waals surface area contributed by atoms with Gasteiger partial charge in [0.05, 0.1) is 28.4 Å². The summed E-state index contributed by atoms with van der Waals surface area (Å²) in [7, 11) is 1.46. The molecule has 1 aromatic heterocycles. The van der Waals surface area contributed by atoms with Crippen LogP contribution in [0.25, 0.3) is 0 Å². The lowest BCUT2D eigenvalue weighted by molar-refractivity contribution is -0.137. The van der Waals surface area contributed by atoms with Crippen molar-refractivity contribution in [3.05, 3.63) is 45.0 Å². The zero-order valence-corrected chi connectivity index (χ0v) is 14.4. The Morgan fingerprint density at radius 3 is 2.67 bits per heavy atom. The number of phenols is 1. The lowest BCUT2D eigenvalue weighted by Crippen LogP contribution is -2.06. The number of nitrogens with one attached hydrogen (secondary N) is 1. The Hall–Kier alpha value is -2.00. The van der Waals surface area contributed by atoms with E-state index < -0.39 is 11.7 Å². The van der Waals surface area contributed by atoms with Crippen molar-refractivity contribution in [3.63, 3.8) is 0 Å². The molecule has 10 heteroatoms. The van der Waals surface area contributed by atoms with Crippen LogP contribution in [0, 0.1) is 0 Å². The monoisotopic (exact) mass is 423 g/mol. The average molecular weight is 425 g/mol. The van der Waals surface area contributed by atoms with E-state index in [0.29, 0.717) is 22.0 Å². The molecular weight excluding hydrogens is 415 g/mol. The number of hydrogen-bond acceptors (Lipinski definition) is 5. The predicted octanol–water partition coefficient (Wildman–Crippen LogP) is 4.68. The zero-order valence-electron chi connectivity index (χ0n) is 12.0. The van der Waals surface area contributed by atoms with E-state index in [1.54, 1.807) is 6.07 Å². The summed E-state index contributed by atoms with van der Waals surface area (Å²) < 4.78 is 43.1. The smallest absolute Gasteiger partial charge is 0.417 e. The SMILES string of the molecule is COc1cc(Br)c(O)c(/C=N/Nc2ncc(C(F)(F)F)cc2Cl)c1. The highest BCUT2D eigenvalue weighted by molar-refractivity contribution is 9.10. The second-order valence-electron chi connectivity index (χ2n) is 4.47. The number of ether oxygens (including phenoxy) is 1. The molecule has 24 heavy (non-hydrogen) atoms. The fourth-order valence-electron chi connectivity index (χ4n) is 1.65. The van der Waals surface area contributed by atoms with Crippen LogP contribution in [0.2, 0.25) is 5.02 Å². The van der Waals surface area contributed by atoms with Gasteiger partial charge in [-0.15, -0.1) is 0 Å². The van der Waals surface area contributed by atoms with Crippen LogP contribution in [0.1, 0.15) is 11.1 Å². The van der Waals surface area contributed by atoms with E-state index in [9.17, 15) is 18.3 Å². The van der Waals surface area contributed by atoms with Crippen LogP contribution >= 0.6 is 27.5 Å². The number of hydrogen-bond donors (Lipinski definition) is 2. The highest BCUT2D eigenvalue weighted by Gasteiger charge is 2.31. The third kappa shape index (κ3) is 4.30.